The van der Waals surface area contributed by atoms with Crippen LogP contribution in [-0.4, -0.2) is 49.9 Å². The van der Waals surface area contributed by atoms with Gasteiger partial charge in [-0.25, -0.2) is 8.42 Å². The Morgan fingerprint density at radius 2 is 1.88 bits per heavy atom. The van der Waals surface area contributed by atoms with Crippen molar-refractivity contribution in [3.8, 4) is 0 Å². The number of hydrogen-bond donors (Lipinski definition) is 1. The van der Waals surface area contributed by atoms with Crippen molar-refractivity contribution < 1.29 is 13.2 Å². The highest BCUT2D eigenvalue weighted by Crippen LogP contribution is 2.22. The van der Waals surface area contributed by atoms with Crippen molar-refractivity contribution >= 4 is 21.4 Å². The SMILES string of the molecule is CC(C)S(=O)(=O)CC(=O)Nc1cccc(CCN2C[C@@H](C)[C@@H](C)C2)c1. The maximum Gasteiger partial charge on any atom is 0.239 e. The predicted molar refractivity (Wildman–Crippen MR) is 102 cm³/mol. The summed E-state index contributed by atoms with van der Waals surface area (Å²) in [7, 11) is -3.38. The van der Waals surface area contributed by atoms with Crippen molar-refractivity contribution in [1.29, 1.82) is 0 Å². The average Bonchev–Trinajstić information content (AvgIpc) is 2.83. The minimum Gasteiger partial charge on any atom is -0.325 e. The summed E-state index contributed by atoms with van der Waals surface area (Å²) in [5.41, 5.74) is 1.81. The first-order chi connectivity index (χ1) is 11.7. The van der Waals surface area contributed by atoms with Crippen molar-refractivity contribution in [2.24, 2.45) is 11.8 Å². The number of nitrogens with zero attached hydrogens (tertiary/aromatic N) is 1. The van der Waals surface area contributed by atoms with Crippen LogP contribution in [0.3, 0.4) is 0 Å². The first-order valence-electron chi connectivity index (χ1n) is 9.00. The molecule has 0 radical (unpaired) electrons. The molecule has 1 aromatic carbocycles. The molecule has 1 heterocycles. The van der Waals surface area contributed by atoms with Gasteiger partial charge in [0.05, 0.1) is 5.25 Å². The first-order valence-corrected chi connectivity index (χ1v) is 10.7. The van der Waals surface area contributed by atoms with E-state index < -0.39 is 26.7 Å². The van der Waals surface area contributed by atoms with Gasteiger partial charge in [-0.3, -0.25) is 4.79 Å². The van der Waals surface area contributed by atoms with Gasteiger partial charge >= 0.3 is 0 Å². The van der Waals surface area contributed by atoms with Gasteiger partial charge in [-0.05, 0) is 49.8 Å². The fraction of sp³-hybridized carbons (Fsp3) is 0.632. The van der Waals surface area contributed by atoms with Gasteiger partial charge in [0.1, 0.15) is 5.75 Å². The van der Waals surface area contributed by atoms with Crippen LogP contribution < -0.4 is 5.32 Å². The number of benzene rings is 1. The van der Waals surface area contributed by atoms with Crippen LogP contribution in [0.1, 0.15) is 33.3 Å². The lowest BCUT2D eigenvalue weighted by atomic mass is 10.0. The summed E-state index contributed by atoms with van der Waals surface area (Å²) in [6, 6.07) is 7.67. The van der Waals surface area contributed by atoms with E-state index in [-0.39, 0.29) is 0 Å². The molecule has 1 fully saturated rings. The summed E-state index contributed by atoms with van der Waals surface area (Å²) in [5.74, 6) is 0.536. The van der Waals surface area contributed by atoms with E-state index in [0.717, 1.165) is 43.5 Å². The van der Waals surface area contributed by atoms with Gasteiger partial charge < -0.3 is 10.2 Å². The standard InChI is InChI=1S/C19H30N2O3S/c1-14(2)25(23,24)13-19(22)20-18-7-5-6-17(10-18)8-9-21-11-15(3)16(4)12-21/h5-7,10,14-16H,8-9,11-13H2,1-4H3,(H,20,22)/t15-,16+. The van der Waals surface area contributed by atoms with Crippen LogP contribution in [0.4, 0.5) is 5.69 Å². The molecule has 0 spiro atoms. The van der Waals surface area contributed by atoms with Gasteiger partial charge in [-0.2, -0.15) is 0 Å². The minimum atomic E-state index is -3.38. The van der Waals surface area contributed by atoms with Gasteiger partial charge in [-0.15, -0.1) is 0 Å². The Balaban J connectivity index is 1.89. The lowest BCUT2D eigenvalue weighted by Gasteiger charge is -2.15. The van der Waals surface area contributed by atoms with E-state index in [1.54, 1.807) is 19.9 Å². The zero-order valence-electron chi connectivity index (χ0n) is 15.7. The van der Waals surface area contributed by atoms with E-state index in [9.17, 15) is 13.2 Å². The zero-order valence-corrected chi connectivity index (χ0v) is 16.5. The van der Waals surface area contributed by atoms with Crippen LogP contribution in [0.25, 0.3) is 0 Å². The number of hydrogen-bond acceptors (Lipinski definition) is 4. The highest BCUT2D eigenvalue weighted by Gasteiger charge is 2.25. The predicted octanol–water partition coefficient (Wildman–Crippen LogP) is 2.58. The minimum absolute atomic E-state index is 0.474. The summed E-state index contributed by atoms with van der Waals surface area (Å²) in [5, 5.41) is 2.16. The van der Waals surface area contributed by atoms with Crippen molar-refractivity contribution in [3.05, 3.63) is 29.8 Å². The third kappa shape index (κ3) is 5.82. The second-order valence-electron chi connectivity index (χ2n) is 7.57. The largest absolute Gasteiger partial charge is 0.325 e. The Bertz CT molecular complexity index is 690. The molecule has 5 nitrogen and oxygen atoms in total. The molecule has 0 bridgehead atoms. The molecule has 1 amide bonds. The van der Waals surface area contributed by atoms with E-state index in [2.05, 4.69) is 24.1 Å². The molecule has 2 atom stereocenters. The maximum atomic E-state index is 12.0. The van der Waals surface area contributed by atoms with E-state index in [0.29, 0.717) is 5.69 Å². The van der Waals surface area contributed by atoms with Crippen LogP contribution in [0.5, 0.6) is 0 Å². The summed E-state index contributed by atoms with van der Waals surface area (Å²) in [6.07, 6.45) is 0.924. The molecule has 25 heavy (non-hydrogen) atoms. The molecule has 1 aliphatic heterocycles. The van der Waals surface area contributed by atoms with Crippen LogP contribution >= 0.6 is 0 Å². The van der Waals surface area contributed by atoms with E-state index >= 15 is 0 Å². The first kappa shape index (κ1) is 19.9. The molecule has 1 saturated heterocycles. The summed E-state index contributed by atoms with van der Waals surface area (Å²) in [6.45, 7) is 11.1. The average molecular weight is 367 g/mol. The fourth-order valence-corrected chi connectivity index (χ4v) is 3.84. The van der Waals surface area contributed by atoms with Crippen molar-refractivity contribution in [3.63, 3.8) is 0 Å². The molecule has 0 aliphatic carbocycles. The third-order valence-electron chi connectivity index (χ3n) is 5.04. The van der Waals surface area contributed by atoms with Gasteiger partial charge in [-0.1, -0.05) is 26.0 Å². The number of carbonyl (C=O) groups is 1. The number of likely N-dealkylation sites (tertiary alicyclic amines) is 1. The highest BCUT2D eigenvalue weighted by molar-refractivity contribution is 7.92. The molecule has 1 aliphatic rings. The van der Waals surface area contributed by atoms with Gasteiger partial charge in [0.15, 0.2) is 9.84 Å². The van der Waals surface area contributed by atoms with Gasteiger partial charge in [0, 0.05) is 25.3 Å². The van der Waals surface area contributed by atoms with Gasteiger partial charge in [0.2, 0.25) is 5.91 Å². The lowest BCUT2D eigenvalue weighted by molar-refractivity contribution is -0.113. The monoisotopic (exact) mass is 366 g/mol. The van der Waals surface area contributed by atoms with E-state index in [1.807, 2.05) is 18.2 Å². The normalized spacial score (nSPS) is 21.6. The Hall–Kier alpha value is -1.40. The van der Waals surface area contributed by atoms with Crippen LogP contribution in [0.15, 0.2) is 24.3 Å². The van der Waals surface area contributed by atoms with Crippen molar-refractivity contribution in [2.75, 3.05) is 30.7 Å². The molecule has 2 rings (SSSR count). The highest BCUT2D eigenvalue weighted by atomic mass is 32.2. The van der Waals surface area contributed by atoms with Gasteiger partial charge in [0.25, 0.3) is 0 Å². The fourth-order valence-electron chi connectivity index (χ4n) is 3.07. The second-order valence-corrected chi connectivity index (χ2v) is 10.1. The Kier molecular flexibility index (Phi) is 6.63. The number of nitrogens with one attached hydrogen (secondary N) is 1. The molecule has 0 aromatic heterocycles. The molecule has 140 valence electrons. The molecule has 0 saturated carbocycles. The summed E-state index contributed by atoms with van der Waals surface area (Å²) < 4.78 is 23.7. The van der Waals surface area contributed by atoms with Crippen LogP contribution in [0.2, 0.25) is 0 Å². The zero-order chi connectivity index (χ0) is 18.6. The molecular formula is C19H30N2O3S. The molecular weight excluding hydrogens is 336 g/mol. The number of carbonyl (C=O) groups excluding carboxylic acids is 1. The maximum absolute atomic E-state index is 12.0. The number of amides is 1. The molecule has 1 aromatic rings. The number of rotatable bonds is 7. The smallest absolute Gasteiger partial charge is 0.239 e. The Labute approximate surface area is 151 Å². The Morgan fingerprint density at radius 1 is 1.24 bits per heavy atom. The van der Waals surface area contributed by atoms with Crippen LogP contribution in [0, 0.1) is 11.8 Å². The third-order valence-corrected chi connectivity index (χ3v) is 7.14. The van der Waals surface area contributed by atoms with Crippen LogP contribution in [-0.2, 0) is 21.1 Å². The molecule has 1 N–H and O–H groups in total. The lowest BCUT2D eigenvalue weighted by Crippen LogP contribution is -2.28. The second kappa shape index (κ2) is 8.32. The molecule has 0 unspecified atom stereocenters. The number of anilines is 1. The summed E-state index contributed by atoms with van der Waals surface area (Å²) >= 11 is 0. The Morgan fingerprint density at radius 3 is 2.48 bits per heavy atom. The topological polar surface area (TPSA) is 66.5 Å². The van der Waals surface area contributed by atoms with E-state index in [1.165, 1.54) is 0 Å². The van der Waals surface area contributed by atoms with Crippen molar-refractivity contribution in [1.82, 2.24) is 4.90 Å². The number of sulfone groups is 1. The van der Waals surface area contributed by atoms with Crippen molar-refractivity contribution in [2.45, 2.75) is 39.4 Å². The molecule has 6 heteroatoms. The quantitative estimate of drug-likeness (QED) is 0.805. The van der Waals surface area contributed by atoms with E-state index in [4.69, 9.17) is 0 Å². The summed E-state index contributed by atoms with van der Waals surface area (Å²) in [4.78, 5) is 14.5.